The maximum absolute atomic E-state index is 6.88. The van der Waals surface area contributed by atoms with E-state index < -0.39 is 0 Å². The molecule has 2 heteroatoms. The normalized spacial score (nSPS) is 14.1. The number of allylic oxidation sites excluding steroid dienone is 2. The summed E-state index contributed by atoms with van der Waals surface area (Å²) in [4.78, 5) is 0. The van der Waals surface area contributed by atoms with Crippen molar-refractivity contribution in [2.75, 3.05) is 0 Å². The summed E-state index contributed by atoms with van der Waals surface area (Å²) in [6.07, 6.45) is 11.5. The molecule has 2 nitrogen and oxygen atoms in total. The smallest absolute Gasteiger partial charge is 0.0574 e. The van der Waals surface area contributed by atoms with Crippen LogP contribution in [0.5, 0.6) is 0 Å². The molecule has 0 aliphatic heterocycles. The average molecular weight is 709 g/mol. The van der Waals surface area contributed by atoms with Crippen LogP contribution in [0.15, 0.2) is 164 Å². The van der Waals surface area contributed by atoms with Crippen molar-refractivity contribution >= 4 is 33.6 Å². The zero-order valence-corrected chi connectivity index (χ0v) is 31.3. The van der Waals surface area contributed by atoms with Crippen molar-refractivity contribution in [1.29, 1.82) is 0 Å². The number of hydrogen-bond acceptors (Lipinski definition) is 1. The van der Waals surface area contributed by atoms with Crippen LogP contribution in [-0.4, -0.2) is 4.57 Å². The SMILES string of the molecule is Cc1ccccc1-c1c(-c2cccc(-c3cccc4c5c6c(ccc5n(C/C=C(\N)c5ccc(-c7ccccc7)cc5)c34)C=CCC6)c2)cccc1C1CC1. The highest BCUT2D eigenvalue weighted by Gasteiger charge is 2.28. The van der Waals surface area contributed by atoms with Gasteiger partial charge in [-0.2, -0.15) is 0 Å². The Kier molecular flexibility index (Phi) is 8.33. The maximum Gasteiger partial charge on any atom is 0.0574 e. The van der Waals surface area contributed by atoms with Crippen LogP contribution in [0.3, 0.4) is 0 Å². The van der Waals surface area contributed by atoms with Crippen LogP contribution in [0.4, 0.5) is 0 Å². The van der Waals surface area contributed by atoms with E-state index in [1.165, 1.54) is 101 Å². The van der Waals surface area contributed by atoms with E-state index in [0.29, 0.717) is 12.5 Å². The van der Waals surface area contributed by atoms with Gasteiger partial charge in [-0.15, -0.1) is 0 Å². The molecule has 1 heterocycles. The van der Waals surface area contributed by atoms with Crippen LogP contribution in [0.2, 0.25) is 0 Å². The minimum absolute atomic E-state index is 0.644. The first-order chi connectivity index (χ1) is 27.1. The van der Waals surface area contributed by atoms with Gasteiger partial charge < -0.3 is 10.3 Å². The van der Waals surface area contributed by atoms with Gasteiger partial charge >= 0.3 is 0 Å². The molecule has 2 N–H and O–H groups in total. The van der Waals surface area contributed by atoms with Gasteiger partial charge in [0.2, 0.25) is 0 Å². The molecular formula is C53H44N2. The summed E-state index contributed by atoms with van der Waals surface area (Å²) in [5.74, 6) is 0.644. The molecule has 8 aromatic rings. The molecule has 0 saturated heterocycles. The second-order valence-electron chi connectivity index (χ2n) is 15.3. The number of nitrogens with zero attached hydrogens (tertiary/aromatic N) is 1. The lowest BCUT2D eigenvalue weighted by Gasteiger charge is -2.18. The summed E-state index contributed by atoms with van der Waals surface area (Å²) in [6, 6.07) is 55.7. The molecule has 1 fully saturated rings. The highest BCUT2D eigenvalue weighted by Crippen LogP contribution is 2.49. The first-order valence-electron chi connectivity index (χ1n) is 19.8. The minimum atomic E-state index is 0.644. The van der Waals surface area contributed by atoms with E-state index in [-0.39, 0.29) is 0 Å². The summed E-state index contributed by atoms with van der Waals surface area (Å²) < 4.78 is 2.50. The maximum atomic E-state index is 6.88. The zero-order chi connectivity index (χ0) is 36.9. The summed E-state index contributed by atoms with van der Waals surface area (Å²) in [5, 5.41) is 2.67. The van der Waals surface area contributed by atoms with Crippen molar-refractivity contribution in [3.63, 3.8) is 0 Å². The van der Waals surface area contributed by atoms with E-state index in [9.17, 15) is 0 Å². The number of rotatable bonds is 8. The number of aryl methyl sites for hydroxylation is 2. The third kappa shape index (κ3) is 5.99. The highest BCUT2D eigenvalue weighted by atomic mass is 15.0. The standard InChI is InChI=1S/C53H44N2/c1-35-12-5-7-18-43(35)51-44(39-26-27-39)20-10-21-46(51)41-16-9-17-42(34-41)47-22-11-23-48-52-45-19-8-6-15-38(45)30-31-50(52)55(53(47)48)33-32-49(54)40-28-24-37(25-29-40)36-13-3-2-4-14-36/h2-7,9-18,20-25,28-32,34,39H,8,19,26-27,33,54H2,1H3/b49-32-. The number of para-hydroxylation sites is 1. The Morgan fingerprint density at radius 2 is 1.36 bits per heavy atom. The Morgan fingerprint density at radius 3 is 2.18 bits per heavy atom. The predicted octanol–water partition coefficient (Wildman–Crippen LogP) is 13.6. The van der Waals surface area contributed by atoms with Crippen molar-refractivity contribution in [3.05, 3.63) is 192 Å². The summed E-state index contributed by atoms with van der Waals surface area (Å²) >= 11 is 0. The van der Waals surface area contributed by atoms with Gasteiger partial charge in [0.15, 0.2) is 0 Å². The van der Waals surface area contributed by atoms with E-state index in [4.69, 9.17) is 5.73 Å². The summed E-state index contributed by atoms with van der Waals surface area (Å²) in [7, 11) is 0. The number of aromatic nitrogens is 1. The van der Waals surface area contributed by atoms with E-state index in [1.54, 1.807) is 0 Å². The topological polar surface area (TPSA) is 30.9 Å². The number of hydrogen-bond donors (Lipinski definition) is 1. The summed E-state index contributed by atoms with van der Waals surface area (Å²) in [5.41, 5.74) is 27.0. The second kappa shape index (κ2) is 13.8. The fraction of sp³-hybridized carbons (Fsp3) is 0.132. The molecule has 2 aliphatic rings. The molecule has 10 rings (SSSR count). The lowest BCUT2D eigenvalue weighted by atomic mass is 9.86. The zero-order valence-electron chi connectivity index (χ0n) is 31.3. The molecule has 1 aromatic heterocycles. The van der Waals surface area contributed by atoms with Crippen LogP contribution in [0.1, 0.15) is 53.0 Å². The Hall–Kier alpha value is -6.38. The average Bonchev–Trinajstić information content (AvgIpc) is 4.05. The fourth-order valence-electron chi connectivity index (χ4n) is 8.97. The molecule has 55 heavy (non-hydrogen) atoms. The fourth-order valence-corrected chi connectivity index (χ4v) is 8.97. The van der Waals surface area contributed by atoms with Crippen molar-refractivity contribution in [2.24, 2.45) is 5.73 Å². The van der Waals surface area contributed by atoms with Gasteiger partial charge in [0.1, 0.15) is 0 Å². The molecule has 2 aliphatic carbocycles. The Morgan fingerprint density at radius 1 is 0.673 bits per heavy atom. The largest absolute Gasteiger partial charge is 0.398 e. The van der Waals surface area contributed by atoms with Gasteiger partial charge in [-0.25, -0.2) is 0 Å². The lowest BCUT2D eigenvalue weighted by Crippen LogP contribution is -2.02. The first-order valence-corrected chi connectivity index (χ1v) is 19.8. The third-order valence-corrected chi connectivity index (χ3v) is 11.9. The third-order valence-electron chi connectivity index (χ3n) is 11.9. The van der Waals surface area contributed by atoms with E-state index in [2.05, 4.69) is 181 Å². The van der Waals surface area contributed by atoms with E-state index in [0.717, 1.165) is 24.1 Å². The van der Waals surface area contributed by atoms with Crippen molar-refractivity contribution in [2.45, 2.75) is 45.1 Å². The number of nitrogens with two attached hydrogens (primary N) is 1. The van der Waals surface area contributed by atoms with Gasteiger partial charge in [0.25, 0.3) is 0 Å². The lowest BCUT2D eigenvalue weighted by molar-refractivity contribution is 0.898. The number of fused-ring (bicyclic) bond motifs is 5. The van der Waals surface area contributed by atoms with Crippen molar-refractivity contribution < 1.29 is 0 Å². The molecule has 1 saturated carbocycles. The van der Waals surface area contributed by atoms with Gasteiger partial charge in [0, 0.05) is 34.1 Å². The molecule has 0 bridgehead atoms. The van der Waals surface area contributed by atoms with Crippen molar-refractivity contribution in [3.8, 4) is 44.5 Å². The molecule has 0 amide bonds. The van der Waals surface area contributed by atoms with Gasteiger partial charge in [0.05, 0.1) is 5.52 Å². The predicted molar refractivity (Wildman–Crippen MR) is 234 cm³/mol. The first kappa shape index (κ1) is 33.2. The van der Waals surface area contributed by atoms with E-state index >= 15 is 0 Å². The van der Waals surface area contributed by atoms with Gasteiger partial charge in [-0.1, -0.05) is 152 Å². The van der Waals surface area contributed by atoms with Crippen LogP contribution >= 0.6 is 0 Å². The second-order valence-corrected chi connectivity index (χ2v) is 15.3. The Labute approximate surface area is 323 Å². The molecular weight excluding hydrogens is 665 g/mol. The minimum Gasteiger partial charge on any atom is -0.398 e. The molecule has 0 atom stereocenters. The van der Waals surface area contributed by atoms with Crippen LogP contribution in [-0.2, 0) is 13.0 Å². The van der Waals surface area contributed by atoms with Crippen LogP contribution < -0.4 is 5.73 Å². The molecule has 7 aromatic carbocycles. The van der Waals surface area contributed by atoms with Gasteiger partial charge in [-0.3, -0.25) is 0 Å². The summed E-state index contributed by atoms with van der Waals surface area (Å²) in [6.45, 7) is 2.91. The molecule has 0 radical (unpaired) electrons. The Bertz CT molecular complexity index is 2790. The number of benzene rings is 7. The van der Waals surface area contributed by atoms with Gasteiger partial charge in [-0.05, 0) is 123 Å². The van der Waals surface area contributed by atoms with E-state index in [1.807, 2.05) is 0 Å². The van der Waals surface area contributed by atoms with Crippen LogP contribution in [0, 0.1) is 6.92 Å². The van der Waals surface area contributed by atoms with Crippen LogP contribution in [0.25, 0.3) is 78.1 Å². The van der Waals surface area contributed by atoms with Crippen molar-refractivity contribution in [1.82, 2.24) is 4.57 Å². The monoisotopic (exact) mass is 708 g/mol. The quantitative estimate of drug-likeness (QED) is 0.167. The molecule has 266 valence electrons. The molecule has 0 spiro atoms. The molecule has 0 unspecified atom stereocenters. The highest BCUT2D eigenvalue weighted by molar-refractivity contribution is 6.15. The Balaban J connectivity index is 1.12.